The molecule has 0 spiro atoms. The summed E-state index contributed by atoms with van der Waals surface area (Å²) < 4.78 is 0. The minimum atomic E-state index is -0.510. The van der Waals surface area contributed by atoms with Gasteiger partial charge in [-0.3, -0.25) is 9.59 Å². The van der Waals surface area contributed by atoms with Gasteiger partial charge in [-0.15, -0.1) is 0 Å². The Kier molecular flexibility index (Phi) is 4.09. The molecule has 1 aromatic rings. The molecular weight excluding hydrogens is 254 g/mol. The van der Waals surface area contributed by atoms with Gasteiger partial charge in [0.15, 0.2) is 0 Å². The predicted octanol–water partition coefficient (Wildman–Crippen LogP) is 2.10. The Labute approximate surface area is 118 Å². The number of anilines is 2. The fourth-order valence-corrected chi connectivity index (χ4v) is 2.63. The van der Waals surface area contributed by atoms with Gasteiger partial charge in [-0.05, 0) is 38.0 Å². The summed E-state index contributed by atoms with van der Waals surface area (Å²) in [5.41, 5.74) is 6.87. The van der Waals surface area contributed by atoms with Gasteiger partial charge in [0, 0.05) is 24.3 Å². The smallest absolute Gasteiger partial charge is 0.231 e. The minimum Gasteiger partial charge on any atom is -0.327 e. The normalized spacial score (nSPS) is 25.2. The number of benzene rings is 1. The Bertz CT molecular complexity index is 530. The van der Waals surface area contributed by atoms with Gasteiger partial charge in [-0.25, -0.2) is 0 Å². The molecule has 0 bridgehead atoms. The van der Waals surface area contributed by atoms with E-state index >= 15 is 0 Å². The van der Waals surface area contributed by atoms with E-state index in [0.29, 0.717) is 11.4 Å². The monoisotopic (exact) mass is 275 g/mol. The molecule has 2 unspecified atom stereocenters. The Balaban J connectivity index is 2.10. The largest absolute Gasteiger partial charge is 0.327 e. The second kappa shape index (κ2) is 5.63. The van der Waals surface area contributed by atoms with Gasteiger partial charge in [-0.2, -0.15) is 0 Å². The molecule has 2 rings (SSSR count). The average Bonchev–Trinajstić information content (AvgIpc) is 2.70. The first-order valence-electron chi connectivity index (χ1n) is 6.86. The molecule has 0 aromatic heterocycles. The second-order valence-electron chi connectivity index (χ2n) is 5.63. The van der Waals surface area contributed by atoms with Crippen LogP contribution in [0.4, 0.5) is 11.4 Å². The number of hydrogen-bond acceptors (Lipinski definition) is 3. The van der Waals surface area contributed by atoms with Crippen molar-refractivity contribution in [3.05, 3.63) is 24.3 Å². The molecule has 5 nitrogen and oxygen atoms in total. The van der Waals surface area contributed by atoms with E-state index in [0.717, 1.165) is 19.3 Å². The number of carbonyl (C=O) groups excluding carboxylic acids is 2. The van der Waals surface area contributed by atoms with Gasteiger partial charge in [0.05, 0.1) is 5.41 Å². The maximum absolute atomic E-state index is 12.4. The van der Waals surface area contributed by atoms with Crippen LogP contribution in [0.5, 0.6) is 0 Å². The van der Waals surface area contributed by atoms with Crippen molar-refractivity contribution < 1.29 is 9.59 Å². The van der Waals surface area contributed by atoms with Crippen molar-refractivity contribution in [1.82, 2.24) is 0 Å². The van der Waals surface area contributed by atoms with Crippen molar-refractivity contribution in [2.45, 2.75) is 39.2 Å². The summed E-state index contributed by atoms with van der Waals surface area (Å²) >= 11 is 0. The number of amides is 2. The molecule has 5 heteroatoms. The summed E-state index contributed by atoms with van der Waals surface area (Å²) in [5.74, 6) is -0.194. The highest BCUT2D eigenvalue weighted by atomic mass is 16.2. The maximum Gasteiger partial charge on any atom is 0.231 e. The highest BCUT2D eigenvalue weighted by molar-refractivity contribution is 5.97. The fraction of sp³-hybridized carbons (Fsp3) is 0.467. The van der Waals surface area contributed by atoms with E-state index in [1.54, 1.807) is 24.3 Å². The molecule has 20 heavy (non-hydrogen) atoms. The molecule has 4 N–H and O–H groups in total. The Morgan fingerprint density at radius 2 is 1.95 bits per heavy atom. The third kappa shape index (κ3) is 2.99. The third-order valence-corrected chi connectivity index (χ3v) is 3.99. The maximum atomic E-state index is 12.4. The summed E-state index contributed by atoms with van der Waals surface area (Å²) in [6.07, 6.45) is 2.68. The lowest BCUT2D eigenvalue weighted by molar-refractivity contribution is -0.125. The number of hydrogen-bond donors (Lipinski definition) is 3. The molecule has 0 heterocycles. The van der Waals surface area contributed by atoms with Crippen LogP contribution in [0.3, 0.4) is 0 Å². The standard InChI is InChI=1S/C15H21N3O2/c1-10(19)17-11-5-3-6-12(9-11)18-14(20)15(2)8-4-7-13(15)16/h3,5-6,9,13H,4,7-8,16H2,1-2H3,(H,17,19)(H,18,20). The quantitative estimate of drug-likeness (QED) is 0.789. The lowest BCUT2D eigenvalue weighted by Gasteiger charge is -2.27. The van der Waals surface area contributed by atoms with E-state index in [1.807, 2.05) is 6.92 Å². The van der Waals surface area contributed by atoms with Crippen LogP contribution in [-0.4, -0.2) is 17.9 Å². The zero-order chi connectivity index (χ0) is 14.8. The van der Waals surface area contributed by atoms with E-state index in [1.165, 1.54) is 6.92 Å². The van der Waals surface area contributed by atoms with Crippen LogP contribution < -0.4 is 16.4 Å². The molecular formula is C15H21N3O2. The average molecular weight is 275 g/mol. The summed E-state index contributed by atoms with van der Waals surface area (Å²) in [5, 5.41) is 5.59. The fourth-order valence-electron chi connectivity index (χ4n) is 2.63. The molecule has 1 saturated carbocycles. The highest BCUT2D eigenvalue weighted by Gasteiger charge is 2.42. The van der Waals surface area contributed by atoms with E-state index < -0.39 is 5.41 Å². The Morgan fingerprint density at radius 1 is 1.30 bits per heavy atom. The van der Waals surface area contributed by atoms with Gasteiger partial charge in [0.25, 0.3) is 0 Å². The van der Waals surface area contributed by atoms with E-state index in [9.17, 15) is 9.59 Å². The van der Waals surface area contributed by atoms with Crippen molar-refractivity contribution >= 4 is 23.2 Å². The van der Waals surface area contributed by atoms with Crippen molar-refractivity contribution in [2.24, 2.45) is 11.1 Å². The van der Waals surface area contributed by atoms with E-state index in [4.69, 9.17) is 5.73 Å². The summed E-state index contributed by atoms with van der Waals surface area (Å²) in [6.45, 7) is 3.36. The first-order valence-corrected chi connectivity index (χ1v) is 6.86. The van der Waals surface area contributed by atoms with Crippen LogP contribution in [0.2, 0.25) is 0 Å². The number of rotatable bonds is 3. The molecule has 1 aliphatic rings. The second-order valence-corrected chi connectivity index (χ2v) is 5.63. The van der Waals surface area contributed by atoms with Crippen LogP contribution in [0, 0.1) is 5.41 Å². The Morgan fingerprint density at radius 3 is 2.50 bits per heavy atom. The first kappa shape index (κ1) is 14.5. The molecule has 1 fully saturated rings. The van der Waals surface area contributed by atoms with Gasteiger partial charge < -0.3 is 16.4 Å². The van der Waals surface area contributed by atoms with Crippen LogP contribution >= 0.6 is 0 Å². The molecule has 108 valence electrons. The van der Waals surface area contributed by atoms with Crippen molar-refractivity contribution in [2.75, 3.05) is 10.6 Å². The van der Waals surface area contributed by atoms with E-state index in [-0.39, 0.29) is 17.9 Å². The SMILES string of the molecule is CC(=O)Nc1cccc(NC(=O)C2(C)CCCC2N)c1. The van der Waals surface area contributed by atoms with Gasteiger partial charge in [0.1, 0.15) is 0 Å². The first-order chi connectivity index (χ1) is 9.41. The predicted molar refractivity (Wildman–Crippen MR) is 79.3 cm³/mol. The zero-order valence-corrected chi connectivity index (χ0v) is 11.9. The Hall–Kier alpha value is -1.88. The van der Waals surface area contributed by atoms with Crippen LogP contribution in [0.1, 0.15) is 33.1 Å². The number of nitrogens with two attached hydrogens (primary N) is 1. The van der Waals surface area contributed by atoms with Crippen molar-refractivity contribution in [3.8, 4) is 0 Å². The molecule has 0 aliphatic heterocycles. The zero-order valence-electron chi connectivity index (χ0n) is 11.9. The summed E-state index contributed by atoms with van der Waals surface area (Å²) in [6, 6.07) is 7.01. The van der Waals surface area contributed by atoms with Crippen molar-refractivity contribution in [1.29, 1.82) is 0 Å². The molecule has 0 radical (unpaired) electrons. The topological polar surface area (TPSA) is 84.2 Å². The van der Waals surface area contributed by atoms with Gasteiger partial charge in [0.2, 0.25) is 11.8 Å². The summed E-state index contributed by atoms with van der Waals surface area (Å²) in [7, 11) is 0. The van der Waals surface area contributed by atoms with E-state index in [2.05, 4.69) is 10.6 Å². The highest BCUT2D eigenvalue weighted by Crippen LogP contribution is 2.37. The molecule has 1 aromatic carbocycles. The molecule has 0 saturated heterocycles. The molecule has 2 atom stereocenters. The van der Waals surface area contributed by atoms with Crippen LogP contribution in [-0.2, 0) is 9.59 Å². The van der Waals surface area contributed by atoms with Crippen LogP contribution in [0.25, 0.3) is 0 Å². The lowest BCUT2D eigenvalue weighted by Crippen LogP contribution is -2.44. The van der Waals surface area contributed by atoms with Gasteiger partial charge in [-0.1, -0.05) is 12.5 Å². The van der Waals surface area contributed by atoms with Gasteiger partial charge >= 0.3 is 0 Å². The number of carbonyl (C=O) groups is 2. The summed E-state index contributed by atoms with van der Waals surface area (Å²) in [4.78, 5) is 23.4. The third-order valence-electron chi connectivity index (χ3n) is 3.99. The van der Waals surface area contributed by atoms with Crippen molar-refractivity contribution in [3.63, 3.8) is 0 Å². The lowest BCUT2D eigenvalue weighted by atomic mass is 9.84. The molecule has 1 aliphatic carbocycles. The number of nitrogens with one attached hydrogen (secondary N) is 2. The van der Waals surface area contributed by atoms with Crippen LogP contribution in [0.15, 0.2) is 24.3 Å². The molecule has 2 amide bonds. The minimum absolute atomic E-state index is 0.0533.